The zero-order valence-electron chi connectivity index (χ0n) is 17.1. The predicted molar refractivity (Wildman–Crippen MR) is 122 cm³/mol. The number of carbonyl (C=O) groups is 1. The molecule has 158 valence electrons. The summed E-state index contributed by atoms with van der Waals surface area (Å²) in [5, 5.41) is 6.44. The normalized spacial score (nSPS) is 17.7. The lowest BCUT2D eigenvalue weighted by molar-refractivity contribution is -0.117. The summed E-state index contributed by atoms with van der Waals surface area (Å²) in [4.78, 5) is 20.2. The Morgan fingerprint density at radius 1 is 1.03 bits per heavy atom. The molecule has 2 atom stereocenters. The first-order valence-corrected chi connectivity index (χ1v) is 10.3. The van der Waals surface area contributed by atoms with Crippen LogP contribution in [0.25, 0.3) is 11.1 Å². The molecule has 0 saturated heterocycles. The molecule has 1 amide bonds. The minimum atomic E-state index is -0.143. The van der Waals surface area contributed by atoms with Crippen LogP contribution in [0.3, 0.4) is 0 Å². The molecule has 1 fully saturated rings. The van der Waals surface area contributed by atoms with Gasteiger partial charge in [0, 0.05) is 12.1 Å². The summed E-state index contributed by atoms with van der Waals surface area (Å²) >= 11 is 0. The highest BCUT2D eigenvalue weighted by molar-refractivity contribution is 5.87. The molecule has 2 aromatic carbocycles. The summed E-state index contributed by atoms with van der Waals surface area (Å²) < 4.78 is 5.87. The molecule has 31 heavy (non-hydrogen) atoms. The maximum atomic E-state index is 11.6. The Balaban J connectivity index is 1.49. The number of nitrogen functional groups attached to an aromatic ring is 1. The molecule has 1 unspecified atom stereocenters. The number of nitrogens with two attached hydrogens (primary N) is 1. The predicted octanol–water partition coefficient (Wildman–Crippen LogP) is 4.15. The maximum Gasteiger partial charge on any atom is 0.243 e. The Bertz CT molecular complexity index is 1050. The summed E-state index contributed by atoms with van der Waals surface area (Å²) in [5.74, 6) is 2.46. The van der Waals surface area contributed by atoms with Crippen LogP contribution in [0.1, 0.15) is 19.3 Å². The van der Waals surface area contributed by atoms with E-state index in [0.29, 0.717) is 11.6 Å². The van der Waals surface area contributed by atoms with Gasteiger partial charge in [-0.05, 0) is 55.2 Å². The minimum Gasteiger partial charge on any atom is -0.457 e. The van der Waals surface area contributed by atoms with Crippen molar-refractivity contribution in [3.63, 3.8) is 0 Å². The van der Waals surface area contributed by atoms with Gasteiger partial charge in [-0.25, -0.2) is 9.97 Å². The van der Waals surface area contributed by atoms with Crippen LogP contribution in [0.15, 0.2) is 73.6 Å². The van der Waals surface area contributed by atoms with Gasteiger partial charge < -0.3 is 21.1 Å². The number of para-hydroxylation sites is 1. The number of aromatic nitrogens is 2. The van der Waals surface area contributed by atoms with Crippen molar-refractivity contribution in [1.82, 2.24) is 15.3 Å². The van der Waals surface area contributed by atoms with Crippen molar-refractivity contribution in [3.05, 3.63) is 73.6 Å². The zero-order chi connectivity index (χ0) is 21.6. The number of hydrogen-bond donors (Lipinski definition) is 3. The van der Waals surface area contributed by atoms with Gasteiger partial charge in [0.05, 0.1) is 5.56 Å². The van der Waals surface area contributed by atoms with E-state index in [2.05, 4.69) is 27.2 Å². The molecular weight excluding hydrogens is 390 g/mol. The van der Waals surface area contributed by atoms with Gasteiger partial charge in [0.1, 0.15) is 29.5 Å². The molecule has 1 heterocycles. The molecule has 0 bridgehead atoms. The number of ether oxygens (including phenoxy) is 1. The third kappa shape index (κ3) is 5.01. The number of anilines is 2. The van der Waals surface area contributed by atoms with E-state index in [4.69, 9.17) is 10.5 Å². The molecule has 1 aliphatic carbocycles. The first-order chi connectivity index (χ1) is 15.1. The summed E-state index contributed by atoms with van der Waals surface area (Å²) in [5.41, 5.74) is 7.87. The molecule has 0 aliphatic heterocycles. The molecule has 3 aromatic rings. The van der Waals surface area contributed by atoms with Crippen molar-refractivity contribution < 1.29 is 9.53 Å². The van der Waals surface area contributed by atoms with Crippen molar-refractivity contribution in [3.8, 4) is 22.6 Å². The first-order valence-electron chi connectivity index (χ1n) is 10.3. The SMILES string of the molecule is C=CC(=O)N[C@H]1CCC(Nc2ncnc(N)c2-c2ccc(Oc3ccccc3)cc2)C1. The standard InChI is InChI=1S/C24H25N5O2/c1-2-21(30)28-17-10-11-18(14-17)29-24-22(23(25)26-15-27-24)16-8-12-20(13-9-16)31-19-6-4-3-5-7-19/h2-9,12-13,15,17-18H,1,10-11,14H2,(H,28,30)(H3,25,26,27,29)/t17-,18?/m0/s1. The van der Waals surface area contributed by atoms with Crippen LogP contribution in [0.4, 0.5) is 11.6 Å². The molecule has 1 saturated carbocycles. The molecule has 0 radical (unpaired) electrons. The van der Waals surface area contributed by atoms with Gasteiger partial charge >= 0.3 is 0 Å². The van der Waals surface area contributed by atoms with Crippen LogP contribution in [0, 0.1) is 0 Å². The van der Waals surface area contributed by atoms with E-state index < -0.39 is 0 Å². The van der Waals surface area contributed by atoms with Gasteiger partial charge in [-0.15, -0.1) is 0 Å². The summed E-state index contributed by atoms with van der Waals surface area (Å²) in [6.45, 7) is 3.51. The Morgan fingerprint density at radius 2 is 1.74 bits per heavy atom. The average molecular weight is 415 g/mol. The number of hydrogen-bond acceptors (Lipinski definition) is 6. The molecule has 7 heteroatoms. The molecule has 0 spiro atoms. The van der Waals surface area contributed by atoms with Crippen molar-refractivity contribution >= 4 is 17.5 Å². The first kappa shape index (κ1) is 20.4. The molecule has 1 aliphatic rings. The van der Waals surface area contributed by atoms with E-state index in [1.54, 1.807) is 0 Å². The maximum absolute atomic E-state index is 11.6. The van der Waals surface area contributed by atoms with Crippen molar-refractivity contribution in [2.45, 2.75) is 31.3 Å². The Morgan fingerprint density at radius 3 is 2.48 bits per heavy atom. The van der Waals surface area contributed by atoms with E-state index in [-0.39, 0.29) is 18.0 Å². The second-order valence-corrected chi connectivity index (χ2v) is 7.49. The summed E-state index contributed by atoms with van der Waals surface area (Å²) in [7, 11) is 0. The number of carbonyl (C=O) groups excluding carboxylic acids is 1. The number of rotatable bonds is 7. The summed E-state index contributed by atoms with van der Waals surface area (Å²) in [6, 6.07) is 17.6. The van der Waals surface area contributed by atoms with E-state index >= 15 is 0 Å². The molecular formula is C24H25N5O2. The lowest BCUT2D eigenvalue weighted by atomic mass is 10.1. The Labute approximate surface area is 181 Å². The Kier molecular flexibility index (Phi) is 6.12. The smallest absolute Gasteiger partial charge is 0.243 e. The van der Waals surface area contributed by atoms with Gasteiger partial charge in [0.15, 0.2) is 0 Å². The third-order valence-electron chi connectivity index (χ3n) is 5.30. The molecule has 4 rings (SSSR count). The van der Waals surface area contributed by atoms with Crippen LogP contribution >= 0.6 is 0 Å². The molecule has 4 N–H and O–H groups in total. The van der Waals surface area contributed by atoms with Crippen molar-refractivity contribution in [1.29, 1.82) is 0 Å². The van der Waals surface area contributed by atoms with Crippen LogP contribution in [0.5, 0.6) is 11.5 Å². The average Bonchev–Trinajstić information content (AvgIpc) is 3.22. The highest BCUT2D eigenvalue weighted by Gasteiger charge is 2.26. The van der Waals surface area contributed by atoms with Gasteiger partial charge in [-0.3, -0.25) is 4.79 Å². The van der Waals surface area contributed by atoms with Gasteiger partial charge in [-0.1, -0.05) is 36.9 Å². The van der Waals surface area contributed by atoms with Crippen LogP contribution in [-0.2, 0) is 4.79 Å². The fourth-order valence-electron chi connectivity index (χ4n) is 3.80. The van der Waals surface area contributed by atoms with Gasteiger partial charge in [0.2, 0.25) is 5.91 Å². The monoisotopic (exact) mass is 415 g/mol. The number of amides is 1. The number of nitrogens with zero attached hydrogens (tertiary/aromatic N) is 2. The van der Waals surface area contributed by atoms with E-state index in [1.165, 1.54) is 12.4 Å². The van der Waals surface area contributed by atoms with E-state index in [0.717, 1.165) is 41.9 Å². The van der Waals surface area contributed by atoms with Crippen LogP contribution < -0.4 is 21.1 Å². The van der Waals surface area contributed by atoms with E-state index in [9.17, 15) is 4.79 Å². The topological polar surface area (TPSA) is 102 Å². The van der Waals surface area contributed by atoms with Gasteiger partial charge in [-0.2, -0.15) is 0 Å². The van der Waals surface area contributed by atoms with Gasteiger partial charge in [0.25, 0.3) is 0 Å². The quantitative estimate of drug-likeness (QED) is 0.501. The Hall–Kier alpha value is -3.87. The second-order valence-electron chi connectivity index (χ2n) is 7.49. The second kappa shape index (κ2) is 9.30. The lowest BCUT2D eigenvalue weighted by Crippen LogP contribution is -2.32. The zero-order valence-corrected chi connectivity index (χ0v) is 17.1. The van der Waals surface area contributed by atoms with Crippen LogP contribution in [0.2, 0.25) is 0 Å². The van der Waals surface area contributed by atoms with E-state index in [1.807, 2.05) is 54.6 Å². The third-order valence-corrected chi connectivity index (χ3v) is 5.30. The van der Waals surface area contributed by atoms with Crippen molar-refractivity contribution in [2.75, 3.05) is 11.1 Å². The summed E-state index contributed by atoms with van der Waals surface area (Å²) in [6.07, 6.45) is 5.40. The minimum absolute atomic E-state index is 0.125. The molecule has 1 aromatic heterocycles. The number of nitrogens with one attached hydrogen (secondary N) is 2. The fraction of sp³-hybridized carbons (Fsp3) is 0.208. The van der Waals surface area contributed by atoms with Crippen LogP contribution in [-0.4, -0.2) is 28.0 Å². The number of benzene rings is 2. The highest BCUT2D eigenvalue weighted by atomic mass is 16.5. The molecule has 7 nitrogen and oxygen atoms in total. The fourth-order valence-corrected chi connectivity index (χ4v) is 3.80. The highest BCUT2D eigenvalue weighted by Crippen LogP contribution is 2.34. The largest absolute Gasteiger partial charge is 0.457 e. The lowest BCUT2D eigenvalue weighted by Gasteiger charge is -2.18. The van der Waals surface area contributed by atoms with Crippen molar-refractivity contribution in [2.24, 2.45) is 0 Å².